The molecule has 0 aliphatic heterocycles. The summed E-state index contributed by atoms with van der Waals surface area (Å²) in [6.07, 6.45) is 5.79. The third-order valence-electron chi connectivity index (χ3n) is 2.57. The van der Waals surface area contributed by atoms with Gasteiger partial charge in [0, 0.05) is 12.1 Å². The van der Waals surface area contributed by atoms with Crippen molar-refractivity contribution < 1.29 is 9.32 Å². The zero-order chi connectivity index (χ0) is 12.7. The molecule has 1 amide bonds. The highest BCUT2D eigenvalue weighted by Crippen LogP contribution is 2.10. The minimum atomic E-state index is -0.257. The van der Waals surface area contributed by atoms with Gasteiger partial charge in [-0.3, -0.25) is 4.79 Å². The molecule has 4 nitrogen and oxygen atoms in total. The zero-order valence-electron chi connectivity index (χ0n) is 10.3. The van der Waals surface area contributed by atoms with Gasteiger partial charge >= 0.3 is 0 Å². The van der Waals surface area contributed by atoms with E-state index in [0.717, 1.165) is 12.8 Å². The normalized spacial score (nSPS) is 12.4. The fourth-order valence-corrected chi connectivity index (χ4v) is 1.74. The summed E-state index contributed by atoms with van der Waals surface area (Å²) in [7, 11) is 0. The number of nitrogens with zero attached hydrogens (tertiary/aromatic N) is 1. The Hall–Kier alpha value is -1.03. The minimum Gasteiger partial charge on any atom is -0.349 e. The lowest BCUT2D eigenvalue weighted by Gasteiger charge is -2.12. The van der Waals surface area contributed by atoms with Crippen molar-refractivity contribution in [2.45, 2.75) is 52.0 Å². The summed E-state index contributed by atoms with van der Waals surface area (Å²) in [5, 5.41) is 6.52. The van der Waals surface area contributed by atoms with Gasteiger partial charge in [0.2, 0.25) is 5.76 Å². The Kier molecular flexibility index (Phi) is 6.05. The highest BCUT2D eigenvalue weighted by Gasteiger charge is 2.14. The molecule has 17 heavy (non-hydrogen) atoms. The molecule has 1 aromatic rings. The van der Waals surface area contributed by atoms with Crippen molar-refractivity contribution in [2.24, 2.45) is 0 Å². The number of nitrogens with one attached hydrogen (secondary N) is 1. The van der Waals surface area contributed by atoms with Crippen LogP contribution in [0.3, 0.4) is 0 Å². The number of rotatable bonds is 7. The second-order valence-corrected chi connectivity index (χ2v) is 4.62. The van der Waals surface area contributed by atoms with Crippen molar-refractivity contribution in [2.75, 3.05) is 0 Å². The Labute approximate surface area is 107 Å². The van der Waals surface area contributed by atoms with E-state index in [1.54, 1.807) is 0 Å². The van der Waals surface area contributed by atoms with Crippen molar-refractivity contribution in [3.8, 4) is 0 Å². The van der Waals surface area contributed by atoms with Crippen LogP contribution in [0, 0.1) is 0 Å². The van der Waals surface area contributed by atoms with Crippen LogP contribution in [0.1, 0.15) is 56.5 Å². The standard InChI is InChI=1S/C12H19ClN2O2/c1-3-4-5-6-7-9(2)14-12(16)10-8-11(13)15-17-10/h8-9H,3-7H2,1-2H3,(H,14,16). The van der Waals surface area contributed by atoms with E-state index in [2.05, 4.69) is 17.4 Å². The van der Waals surface area contributed by atoms with Crippen LogP contribution < -0.4 is 5.32 Å². The average Bonchev–Trinajstić information content (AvgIpc) is 2.71. The smallest absolute Gasteiger partial charge is 0.290 e. The summed E-state index contributed by atoms with van der Waals surface area (Å²) in [5.41, 5.74) is 0. The van der Waals surface area contributed by atoms with Crippen LogP contribution in [0.5, 0.6) is 0 Å². The number of carbonyl (C=O) groups is 1. The Morgan fingerprint density at radius 2 is 2.29 bits per heavy atom. The van der Waals surface area contributed by atoms with E-state index in [9.17, 15) is 4.79 Å². The SMILES string of the molecule is CCCCCCC(C)NC(=O)c1cc(Cl)no1. The van der Waals surface area contributed by atoms with E-state index in [1.807, 2.05) is 6.92 Å². The van der Waals surface area contributed by atoms with Crippen LogP contribution in [0.25, 0.3) is 0 Å². The van der Waals surface area contributed by atoms with Crippen LogP contribution in [-0.4, -0.2) is 17.1 Å². The molecule has 1 heterocycles. The lowest BCUT2D eigenvalue weighted by molar-refractivity contribution is 0.0900. The third kappa shape index (κ3) is 5.22. The van der Waals surface area contributed by atoms with Crippen LogP contribution in [0.2, 0.25) is 5.15 Å². The molecular formula is C12H19ClN2O2. The molecule has 0 bridgehead atoms. The highest BCUT2D eigenvalue weighted by molar-refractivity contribution is 6.29. The summed E-state index contributed by atoms with van der Waals surface area (Å²) < 4.78 is 4.78. The van der Waals surface area contributed by atoms with E-state index in [-0.39, 0.29) is 22.9 Å². The number of amides is 1. The van der Waals surface area contributed by atoms with Gasteiger partial charge in [-0.25, -0.2) is 0 Å². The van der Waals surface area contributed by atoms with Crippen LogP contribution >= 0.6 is 11.6 Å². The van der Waals surface area contributed by atoms with Gasteiger partial charge in [-0.05, 0) is 13.3 Å². The lowest BCUT2D eigenvalue weighted by atomic mass is 10.1. The Morgan fingerprint density at radius 1 is 1.53 bits per heavy atom. The third-order valence-corrected chi connectivity index (χ3v) is 2.75. The van der Waals surface area contributed by atoms with Crippen molar-refractivity contribution in [3.05, 3.63) is 17.0 Å². The van der Waals surface area contributed by atoms with Gasteiger partial charge in [-0.15, -0.1) is 0 Å². The van der Waals surface area contributed by atoms with E-state index in [4.69, 9.17) is 16.1 Å². The zero-order valence-corrected chi connectivity index (χ0v) is 11.1. The summed E-state index contributed by atoms with van der Waals surface area (Å²) in [6, 6.07) is 1.56. The maximum Gasteiger partial charge on any atom is 0.290 e. The predicted molar refractivity (Wildman–Crippen MR) is 67.2 cm³/mol. The number of halogens is 1. The van der Waals surface area contributed by atoms with Gasteiger partial charge in [0.1, 0.15) is 0 Å². The molecule has 0 aromatic carbocycles. The molecule has 5 heteroatoms. The van der Waals surface area contributed by atoms with E-state index in [0.29, 0.717) is 0 Å². The van der Waals surface area contributed by atoms with Crippen LogP contribution in [0.4, 0.5) is 0 Å². The highest BCUT2D eigenvalue weighted by atomic mass is 35.5. The molecule has 0 saturated heterocycles. The molecule has 0 saturated carbocycles. The van der Waals surface area contributed by atoms with Crippen LogP contribution in [-0.2, 0) is 0 Å². The lowest BCUT2D eigenvalue weighted by Crippen LogP contribution is -2.32. The van der Waals surface area contributed by atoms with Crippen LogP contribution in [0.15, 0.2) is 10.6 Å². The van der Waals surface area contributed by atoms with Crippen molar-refractivity contribution in [1.29, 1.82) is 0 Å². The topological polar surface area (TPSA) is 55.1 Å². The molecule has 0 radical (unpaired) electrons. The maximum atomic E-state index is 11.7. The molecule has 0 aliphatic rings. The number of aromatic nitrogens is 1. The number of hydrogen-bond donors (Lipinski definition) is 1. The van der Waals surface area contributed by atoms with E-state index >= 15 is 0 Å². The second-order valence-electron chi connectivity index (χ2n) is 4.24. The van der Waals surface area contributed by atoms with Crippen molar-refractivity contribution in [3.63, 3.8) is 0 Å². The summed E-state index contributed by atoms with van der Waals surface area (Å²) in [6.45, 7) is 4.17. The molecule has 0 fully saturated rings. The first kappa shape index (κ1) is 14.0. The fraction of sp³-hybridized carbons (Fsp3) is 0.667. The molecular weight excluding hydrogens is 240 g/mol. The van der Waals surface area contributed by atoms with Gasteiger partial charge in [-0.1, -0.05) is 49.4 Å². The average molecular weight is 259 g/mol. The number of carbonyl (C=O) groups excluding carboxylic acids is 1. The van der Waals surface area contributed by atoms with Gasteiger partial charge in [0.05, 0.1) is 0 Å². The molecule has 1 aromatic heterocycles. The number of unbranched alkanes of at least 4 members (excludes halogenated alkanes) is 3. The van der Waals surface area contributed by atoms with Crippen molar-refractivity contribution in [1.82, 2.24) is 10.5 Å². The molecule has 1 atom stereocenters. The fourth-order valence-electron chi connectivity index (χ4n) is 1.61. The van der Waals surface area contributed by atoms with E-state index < -0.39 is 0 Å². The van der Waals surface area contributed by atoms with Gasteiger partial charge in [0.25, 0.3) is 5.91 Å². The summed E-state index contributed by atoms with van der Waals surface area (Å²) in [5.74, 6) is -0.0946. The maximum absolute atomic E-state index is 11.7. The Balaban J connectivity index is 2.26. The van der Waals surface area contributed by atoms with Gasteiger partial charge < -0.3 is 9.84 Å². The first-order valence-electron chi connectivity index (χ1n) is 6.06. The van der Waals surface area contributed by atoms with Crippen molar-refractivity contribution >= 4 is 17.5 Å². The Morgan fingerprint density at radius 3 is 2.88 bits per heavy atom. The Bertz CT molecular complexity index is 352. The minimum absolute atomic E-state index is 0.142. The molecule has 1 rings (SSSR count). The quantitative estimate of drug-likeness (QED) is 0.763. The summed E-state index contributed by atoms with van der Waals surface area (Å²) in [4.78, 5) is 11.7. The largest absolute Gasteiger partial charge is 0.349 e. The number of hydrogen-bond acceptors (Lipinski definition) is 3. The first-order valence-corrected chi connectivity index (χ1v) is 6.44. The van der Waals surface area contributed by atoms with E-state index in [1.165, 1.54) is 25.3 Å². The second kappa shape index (κ2) is 7.33. The van der Waals surface area contributed by atoms with Gasteiger partial charge in [-0.2, -0.15) is 0 Å². The molecule has 1 unspecified atom stereocenters. The molecule has 96 valence electrons. The first-order chi connectivity index (χ1) is 8.13. The monoisotopic (exact) mass is 258 g/mol. The molecule has 0 spiro atoms. The predicted octanol–water partition coefficient (Wildman–Crippen LogP) is 3.42. The van der Waals surface area contributed by atoms with Gasteiger partial charge in [0.15, 0.2) is 5.15 Å². The summed E-state index contributed by atoms with van der Waals surface area (Å²) >= 11 is 5.57. The molecule has 1 N–H and O–H groups in total. The molecule has 0 aliphatic carbocycles.